The fourth-order valence-electron chi connectivity index (χ4n) is 6.18. The maximum Gasteiger partial charge on any atom is 0.0492 e. The lowest BCUT2D eigenvalue weighted by molar-refractivity contribution is -0.0606. The Balaban J connectivity index is 1.36. The second kappa shape index (κ2) is 5.12. The number of hydrogen-bond acceptors (Lipinski definition) is 2. The van der Waals surface area contributed by atoms with Crippen LogP contribution in [-0.2, 0) is 13.5 Å². The summed E-state index contributed by atoms with van der Waals surface area (Å²) < 4.78 is 1.98. The molecule has 3 nitrogen and oxygen atoms in total. The highest BCUT2D eigenvalue weighted by Gasteiger charge is 2.50. The summed E-state index contributed by atoms with van der Waals surface area (Å²) >= 11 is 0. The summed E-state index contributed by atoms with van der Waals surface area (Å²) in [7, 11) is 2.03. The van der Waals surface area contributed by atoms with E-state index in [0.29, 0.717) is 11.5 Å². The molecule has 1 unspecified atom stereocenters. The maximum atomic E-state index is 6.53. The Morgan fingerprint density at radius 1 is 1.24 bits per heavy atom. The van der Waals surface area contributed by atoms with Crippen molar-refractivity contribution in [3.05, 3.63) is 18.0 Å². The van der Waals surface area contributed by atoms with Crippen LogP contribution in [0.5, 0.6) is 0 Å². The molecule has 4 fully saturated rings. The van der Waals surface area contributed by atoms with Crippen LogP contribution in [0.25, 0.3) is 0 Å². The van der Waals surface area contributed by atoms with Gasteiger partial charge in [-0.25, -0.2) is 0 Å². The van der Waals surface area contributed by atoms with Gasteiger partial charge in [-0.05, 0) is 87.0 Å². The molecule has 1 aromatic heterocycles. The van der Waals surface area contributed by atoms with Crippen molar-refractivity contribution in [3.8, 4) is 0 Å². The van der Waals surface area contributed by atoms with Gasteiger partial charge in [-0.3, -0.25) is 4.68 Å². The fourth-order valence-corrected chi connectivity index (χ4v) is 6.18. The molecule has 1 heterocycles. The summed E-state index contributed by atoms with van der Waals surface area (Å²) in [6.45, 7) is 0. The van der Waals surface area contributed by atoms with Gasteiger partial charge in [-0.15, -0.1) is 0 Å². The number of nitrogens with zero attached hydrogens (tertiary/aromatic N) is 2. The minimum Gasteiger partial charge on any atom is -0.328 e. The highest BCUT2D eigenvalue weighted by Crippen LogP contribution is 2.61. The lowest BCUT2D eigenvalue weighted by atomic mass is 9.48. The minimum absolute atomic E-state index is 0.371. The predicted octanol–water partition coefficient (Wildman–Crippen LogP) is 3.29. The Bertz CT molecular complexity index is 469. The summed E-state index contributed by atoms with van der Waals surface area (Å²) in [5.74, 6) is 3.13. The lowest BCUT2D eigenvalue weighted by Gasteiger charge is -2.57. The molecule has 1 atom stereocenters. The fraction of sp³-hybridized carbons (Fsp3) is 0.833. The largest absolute Gasteiger partial charge is 0.328 e. The molecule has 0 aromatic carbocycles. The molecule has 0 saturated heterocycles. The highest BCUT2D eigenvalue weighted by molar-refractivity contribution is 5.04. The summed E-state index contributed by atoms with van der Waals surface area (Å²) in [6.07, 6.45) is 14.4. The van der Waals surface area contributed by atoms with E-state index in [4.69, 9.17) is 5.73 Å². The summed E-state index contributed by atoms with van der Waals surface area (Å²) in [6, 6.07) is 2.49. The number of rotatable bonds is 5. The van der Waals surface area contributed by atoms with E-state index in [2.05, 4.69) is 11.2 Å². The third-order valence-electron chi connectivity index (χ3n) is 6.55. The summed E-state index contributed by atoms with van der Waals surface area (Å²) in [4.78, 5) is 0. The highest BCUT2D eigenvalue weighted by atomic mass is 15.2. The van der Waals surface area contributed by atoms with Crippen LogP contribution in [0, 0.1) is 23.2 Å². The van der Waals surface area contributed by atoms with Crippen LogP contribution in [0.3, 0.4) is 0 Å². The van der Waals surface area contributed by atoms with Gasteiger partial charge >= 0.3 is 0 Å². The number of aromatic nitrogens is 2. The van der Waals surface area contributed by atoms with Crippen molar-refractivity contribution in [1.29, 1.82) is 0 Å². The zero-order chi connectivity index (χ0) is 14.4. The van der Waals surface area contributed by atoms with E-state index in [1.54, 1.807) is 0 Å². The number of hydrogen-bond donors (Lipinski definition) is 1. The van der Waals surface area contributed by atoms with Crippen molar-refractivity contribution in [2.75, 3.05) is 0 Å². The molecule has 0 spiro atoms. The van der Waals surface area contributed by atoms with Crippen LogP contribution in [-0.4, -0.2) is 15.8 Å². The van der Waals surface area contributed by atoms with Gasteiger partial charge in [0.15, 0.2) is 0 Å². The van der Waals surface area contributed by atoms with E-state index in [1.807, 2.05) is 17.9 Å². The van der Waals surface area contributed by atoms with Gasteiger partial charge in [0.2, 0.25) is 0 Å². The van der Waals surface area contributed by atoms with Crippen molar-refractivity contribution in [2.45, 2.75) is 63.8 Å². The first-order valence-corrected chi connectivity index (χ1v) is 8.84. The predicted molar refractivity (Wildman–Crippen MR) is 84.7 cm³/mol. The minimum atomic E-state index is 0.371. The lowest BCUT2D eigenvalue weighted by Crippen LogP contribution is -2.48. The maximum absolute atomic E-state index is 6.53. The molecule has 5 rings (SSSR count). The standard InChI is InChI=1S/C18H29N3/c1-21-17(4-5-20-21)3-2-16(19)12-18-9-13-6-14(10-18)8-15(7-13)11-18/h4-5,13-16H,2-3,6-12,19H2,1H3. The van der Waals surface area contributed by atoms with E-state index in [0.717, 1.165) is 30.6 Å². The summed E-state index contributed by atoms with van der Waals surface area (Å²) in [5.41, 5.74) is 8.47. The molecule has 0 radical (unpaired) electrons. The van der Waals surface area contributed by atoms with Gasteiger partial charge in [0.1, 0.15) is 0 Å². The Kier molecular flexibility index (Phi) is 3.36. The molecular weight excluding hydrogens is 258 g/mol. The SMILES string of the molecule is Cn1nccc1CCC(N)CC12CC3CC(CC(C3)C1)C2. The average molecular weight is 287 g/mol. The van der Waals surface area contributed by atoms with Crippen LogP contribution in [0.4, 0.5) is 0 Å². The second-order valence-electron chi connectivity index (χ2n) is 8.37. The van der Waals surface area contributed by atoms with Crippen LogP contribution in [0.15, 0.2) is 12.3 Å². The zero-order valence-electron chi connectivity index (χ0n) is 13.3. The van der Waals surface area contributed by atoms with Crippen molar-refractivity contribution in [1.82, 2.24) is 9.78 Å². The van der Waals surface area contributed by atoms with Gasteiger partial charge in [-0.2, -0.15) is 5.10 Å². The van der Waals surface area contributed by atoms with Crippen molar-refractivity contribution in [3.63, 3.8) is 0 Å². The van der Waals surface area contributed by atoms with Crippen molar-refractivity contribution in [2.24, 2.45) is 36.0 Å². The molecule has 21 heavy (non-hydrogen) atoms. The molecule has 0 amide bonds. The van der Waals surface area contributed by atoms with Gasteiger partial charge < -0.3 is 5.73 Å². The monoisotopic (exact) mass is 287 g/mol. The molecule has 2 N–H and O–H groups in total. The van der Waals surface area contributed by atoms with Crippen LogP contribution < -0.4 is 5.73 Å². The third-order valence-corrected chi connectivity index (χ3v) is 6.55. The number of nitrogens with two attached hydrogens (primary N) is 1. The first-order valence-electron chi connectivity index (χ1n) is 8.84. The molecular formula is C18H29N3. The average Bonchev–Trinajstić information content (AvgIpc) is 2.79. The first kappa shape index (κ1) is 13.8. The van der Waals surface area contributed by atoms with E-state index < -0.39 is 0 Å². The normalized spacial score (nSPS) is 38.9. The van der Waals surface area contributed by atoms with Gasteiger partial charge in [-0.1, -0.05) is 0 Å². The molecule has 4 saturated carbocycles. The van der Waals surface area contributed by atoms with Crippen molar-refractivity contribution < 1.29 is 0 Å². The Morgan fingerprint density at radius 3 is 2.38 bits per heavy atom. The van der Waals surface area contributed by atoms with Crippen LogP contribution in [0.2, 0.25) is 0 Å². The Hall–Kier alpha value is -0.830. The first-order chi connectivity index (χ1) is 10.1. The summed E-state index contributed by atoms with van der Waals surface area (Å²) in [5, 5.41) is 4.25. The molecule has 3 heteroatoms. The van der Waals surface area contributed by atoms with E-state index in [-0.39, 0.29) is 0 Å². The molecule has 4 aliphatic rings. The van der Waals surface area contributed by atoms with E-state index in [9.17, 15) is 0 Å². The molecule has 4 bridgehead atoms. The number of aryl methyl sites for hydroxylation is 2. The van der Waals surface area contributed by atoms with Crippen LogP contribution in [0.1, 0.15) is 57.1 Å². The van der Waals surface area contributed by atoms with Crippen LogP contribution >= 0.6 is 0 Å². The van der Waals surface area contributed by atoms with Crippen molar-refractivity contribution >= 4 is 0 Å². The Labute approximate surface area is 128 Å². The Morgan fingerprint density at radius 2 is 1.86 bits per heavy atom. The van der Waals surface area contributed by atoms with E-state index >= 15 is 0 Å². The topological polar surface area (TPSA) is 43.8 Å². The molecule has 4 aliphatic carbocycles. The molecule has 0 aliphatic heterocycles. The van der Waals surface area contributed by atoms with E-state index in [1.165, 1.54) is 50.6 Å². The third kappa shape index (κ3) is 2.65. The van der Waals surface area contributed by atoms with Gasteiger partial charge in [0, 0.05) is 25.0 Å². The molecule has 1 aromatic rings. The van der Waals surface area contributed by atoms with Gasteiger partial charge in [0.05, 0.1) is 0 Å². The zero-order valence-corrected chi connectivity index (χ0v) is 13.3. The van der Waals surface area contributed by atoms with Gasteiger partial charge in [0.25, 0.3) is 0 Å². The second-order valence-corrected chi connectivity index (χ2v) is 8.37. The quantitative estimate of drug-likeness (QED) is 0.903. The smallest absolute Gasteiger partial charge is 0.0492 e. The molecule has 116 valence electrons.